The Morgan fingerprint density at radius 3 is 2.62 bits per heavy atom. The van der Waals surface area contributed by atoms with Gasteiger partial charge in [0, 0.05) is 36.4 Å². The number of aliphatic carboxylic acids is 1. The van der Waals surface area contributed by atoms with Crippen LogP contribution in [0.1, 0.15) is 55.5 Å². The van der Waals surface area contributed by atoms with Gasteiger partial charge < -0.3 is 19.3 Å². The molecule has 7 nitrogen and oxygen atoms in total. The summed E-state index contributed by atoms with van der Waals surface area (Å²) in [7, 11) is 3.14. The summed E-state index contributed by atoms with van der Waals surface area (Å²) in [6.07, 6.45) is 7.55. The Kier molecular flexibility index (Phi) is 7.25. The predicted octanol–water partition coefficient (Wildman–Crippen LogP) is 6.21. The summed E-state index contributed by atoms with van der Waals surface area (Å²) >= 11 is 0. The second kappa shape index (κ2) is 10.5. The van der Waals surface area contributed by atoms with Gasteiger partial charge in [-0.25, -0.2) is 14.4 Å². The first-order chi connectivity index (χ1) is 19.1. The maximum atomic E-state index is 15.0. The molecule has 0 bridgehead atoms. The van der Waals surface area contributed by atoms with Crippen molar-refractivity contribution >= 4 is 5.97 Å². The standard InChI is InChI=1S/C32H33FN2O5/c1-31(2,3)29(39-5)23-13-19(8-9-21(23)22-14-27(38-4)35-17-26(22)33)18-40-28-15-25-20(16-34-28)10-12-32(25)11-6-7-24(32)30(36)37/h7-9,11,13-17,24,29H,10,12,18H2,1-5H3,(H,36,37)/t24-,29+,32-/m1/s1. The van der Waals surface area contributed by atoms with E-state index in [-0.39, 0.29) is 18.1 Å². The van der Waals surface area contributed by atoms with Gasteiger partial charge in [0.25, 0.3) is 0 Å². The van der Waals surface area contributed by atoms with Gasteiger partial charge >= 0.3 is 5.97 Å². The number of rotatable bonds is 8. The number of hydrogen-bond acceptors (Lipinski definition) is 6. The Labute approximate surface area is 233 Å². The molecule has 208 valence electrons. The number of fused-ring (bicyclic) bond motifs is 2. The predicted molar refractivity (Wildman–Crippen MR) is 148 cm³/mol. The highest BCUT2D eigenvalue weighted by molar-refractivity contribution is 5.77. The van der Waals surface area contributed by atoms with Crippen LogP contribution in [0.15, 0.2) is 60.6 Å². The average molecular weight is 545 g/mol. The molecule has 0 amide bonds. The summed E-state index contributed by atoms with van der Waals surface area (Å²) in [5, 5.41) is 9.80. The number of pyridine rings is 2. The number of aryl methyl sites for hydroxylation is 1. The third-order valence-corrected chi connectivity index (χ3v) is 7.83. The van der Waals surface area contributed by atoms with Crippen LogP contribution in [0.4, 0.5) is 4.39 Å². The number of aromatic nitrogens is 2. The minimum Gasteiger partial charge on any atom is -0.481 e. The molecule has 3 aromatic rings. The number of benzene rings is 1. The Morgan fingerprint density at radius 2 is 1.93 bits per heavy atom. The average Bonchev–Trinajstić information content (AvgIpc) is 3.52. The van der Waals surface area contributed by atoms with Gasteiger partial charge in [-0.3, -0.25) is 4.79 Å². The first-order valence-corrected chi connectivity index (χ1v) is 13.2. The van der Waals surface area contributed by atoms with E-state index in [2.05, 4.69) is 36.5 Å². The summed E-state index contributed by atoms with van der Waals surface area (Å²) < 4.78 is 32.3. The zero-order valence-electron chi connectivity index (χ0n) is 23.3. The SMILES string of the molecule is COc1cc(-c2ccc(COc3cc4c(cn3)CC[C@@]43C=C=C[C@@H]3C(=O)O)cc2[C@H](OC)C(C)(C)C)c(F)cn1. The molecule has 0 aliphatic heterocycles. The van der Waals surface area contributed by atoms with Gasteiger partial charge in [-0.1, -0.05) is 32.9 Å². The fraction of sp³-hybridized carbons (Fsp3) is 0.375. The second-order valence-corrected chi connectivity index (χ2v) is 11.4. The molecule has 0 saturated carbocycles. The maximum Gasteiger partial charge on any atom is 0.312 e. The van der Waals surface area contributed by atoms with Gasteiger partial charge in [0.2, 0.25) is 11.8 Å². The van der Waals surface area contributed by atoms with Crippen LogP contribution >= 0.6 is 0 Å². The van der Waals surface area contributed by atoms with E-state index in [1.54, 1.807) is 25.4 Å². The molecule has 40 heavy (non-hydrogen) atoms. The third kappa shape index (κ3) is 4.89. The third-order valence-electron chi connectivity index (χ3n) is 7.83. The molecular weight excluding hydrogens is 511 g/mol. The normalized spacial score (nSPS) is 20.1. The molecule has 3 atom stereocenters. The van der Waals surface area contributed by atoms with Crippen LogP contribution in [0.3, 0.4) is 0 Å². The first kappa shape index (κ1) is 27.6. The van der Waals surface area contributed by atoms with Crippen LogP contribution in [0, 0.1) is 17.2 Å². The van der Waals surface area contributed by atoms with E-state index in [4.69, 9.17) is 14.2 Å². The number of ether oxygens (including phenoxy) is 3. The van der Waals surface area contributed by atoms with Gasteiger partial charge in [0.05, 0.1) is 25.3 Å². The highest BCUT2D eigenvalue weighted by Gasteiger charge is 2.48. The van der Waals surface area contributed by atoms with E-state index >= 15 is 0 Å². The zero-order chi connectivity index (χ0) is 28.7. The molecule has 0 radical (unpaired) electrons. The molecule has 2 aliphatic carbocycles. The topological polar surface area (TPSA) is 90.8 Å². The number of carboxylic acids is 1. The maximum absolute atomic E-state index is 15.0. The van der Waals surface area contributed by atoms with E-state index in [9.17, 15) is 14.3 Å². The van der Waals surface area contributed by atoms with Crippen molar-refractivity contribution in [1.82, 2.24) is 9.97 Å². The van der Waals surface area contributed by atoms with Gasteiger partial charge in [-0.15, -0.1) is 5.73 Å². The minimum absolute atomic E-state index is 0.214. The largest absolute Gasteiger partial charge is 0.481 e. The summed E-state index contributed by atoms with van der Waals surface area (Å²) in [6, 6.07) is 9.16. The lowest BCUT2D eigenvalue weighted by atomic mass is 9.73. The molecule has 2 aliphatic rings. The van der Waals surface area contributed by atoms with Crippen LogP contribution < -0.4 is 9.47 Å². The lowest BCUT2D eigenvalue weighted by Crippen LogP contribution is -2.33. The molecule has 0 unspecified atom stereocenters. The molecule has 1 aromatic carbocycles. The molecule has 5 rings (SSSR count). The Morgan fingerprint density at radius 1 is 1.15 bits per heavy atom. The number of carboxylic acid groups (broad SMARTS) is 1. The van der Waals surface area contributed by atoms with Crippen molar-refractivity contribution in [3.63, 3.8) is 0 Å². The van der Waals surface area contributed by atoms with Crippen molar-refractivity contribution in [2.45, 2.75) is 51.7 Å². The molecule has 2 heterocycles. The monoisotopic (exact) mass is 544 g/mol. The van der Waals surface area contributed by atoms with Crippen LogP contribution in [-0.4, -0.2) is 35.3 Å². The van der Waals surface area contributed by atoms with Crippen molar-refractivity contribution in [2.75, 3.05) is 14.2 Å². The lowest BCUT2D eigenvalue weighted by molar-refractivity contribution is -0.141. The molecule has 8 heteroatoms. The molecule has 0 fully saturated rings. The van der Waals surface area contributed by atoms with E-state index in [0.717, 1.165) is 34.9 Å². The van der Waals surface area contributed by atoms with Crippen LogP contribution in [0.5, 0.6) is 11.8 Å². The zero-order valence-corrected chi connectivity index (χ0v) is 23.3. The highest BCUT2D eigenvalue weighted by atomic mass is 19.1. The van der Waals surface area contributed by atoms with E-state index in [0.29, 0.717) is 29.3 Å². The Bertz CT molecular complexity index is 1520. The van der Waals surface area contributed by atoms with Crippen LogP contribution in [0.25, 0.3) is 11.1 Å². The van der Waals surface area contributed by atoms with Crippen molar-refractivity contribution in [1.29, 1.82) is 0 Å². The van der Waals surface area contributed by atoms with Crippen molar-refractivity contribution < 1.29 is 28.5 Å². The Balaban J connectivity index is 1.47. The first-order valence-electron chi connectivity index (χ1n) is 13.2. The molecule has 2 aromatic heterocycles. The van der Waals surface area contributed by atoms with Crippen LogP contribution in [-0.2, 0) is 28.0 Å². The second-order valence-electron chi connectivity index (χ2n) is 11.4. The number of halogens is 1. The Hall–Kier alpha value is -4.00. The van der Waals surface area contributed by atoms with Gasteiger partial charge in [0.1, 0.15) is 12.4 Å². The summed E-state index contributed by atoms with van der Waals surface area (Å²) in [4.78, 5) is 20.4. The summed E-state index contributed by atoms with van der Waals surface area (Å²) in [5.41, 5.74) is 6.81. The quantitative estimate of drug-likeness (QED) is 0.337. The fourth-order valence-electron chi connectivity index (χ4n) is 5.95. The molecule has 0 saturated heterocycles. The smallest absolute Gasteiger partial charge is 0.312 e. The number of nitrogens with zero attached hydrogens (tertiary/aromatic N) is 2. The van der Waals surface area contributed by atoms with Crippen molar-refractivity contribution in [3.05, 3.63) is 88.7 Å². The molecular formula is C32H33FN2O5. The fourth-order valence-corrected chi connectivity index (χ4v) is 5.95. The van der Waals surface area contributed by atoms with Crippen LogP contribution in [0.2, 0.25) is 0 Å². The minimum atomic E-state index is -0.865. The van der Waals surface area contributed by atoms with E-state index in [1.807, 2.05) is 30.3 Å². The van der Waals surface area contributed by atoms with Crippen molar-refractivity contribution in [3.8, 4) is 22.9 Å². The number of carbonyl (C=O) groups is 1. The highest BCUT2D eigenvalue weighted by Crippen LogP contribution is 2.49. The molecule has 1 N–H and O–H groups in total. The van der Waals surface area contributed by atoms with E-state index < -0.39 is 23.1 Å². The van der Waals surface area contributed by atoms with Gasteiger partial charge in [-0.2, -0.15) is 0 Å². The van der Waals surface area contributed by atoms with Gasteiger partial charge in [-0.05, 0) is 64.3 Å². The summed E-state index contributed by atoms with van der Waals surface area (Å²) in [6.45, 7) is 6.42. The summed E-state index contributed by atoms with van der Waals surface area (Å²) in [5.74, 6) is -1.25. The van der Waals surface area contributed by atoms with E-state index in [1.165, 1.54) is 7.11 Å². The van der Waals surface area contributed by atoms with Gasteiger partial charge in [0.15, 0.2) is 0 Å². The lowest BCUT2D eigenvalue weighted by Gasteiger charge is -2.32. The number of methoxy groups -OCH3 is 2. The number of hydrogen-bond donors (Lipinski definition) is 1. The van der Waals surface area contributed by atoms with Crippen molar-refractivity contribution in [2.24, 2.45) is 11.3 Å². The molecule has 1 spiro atoms.